The number of hydrogen-bond acceptors (Lipinski definition) is 6. The summed E-state index contributed by atoms with van der Waals surface area (Å²) in [5.41, 5.74) is 9.55. The molecule has 194 valence electrons. The van der Waals surface area contributed by atoms with Crippen LogP contribution in [0.25, 0.3) is 0 Å². The SMILES string of the molecule is COCCN1C(N)=C(C#N)[C@H](c2ccc(OCc3ccc(Cl)cc3Cl)c(Cl)c2)C2=C1CC(C)(C)CC2=O. The van der Waals surface area contributed by atoms with E-state index >= 15 is 0 Å². The van der Waals surface area contributed by atoms with E-state index in [0.717, 1.165) is 11.3 Å². The Morgan fingerprint density at radius 2 is 1.89 bits per heavy atom. The van der Waals surface area contributed by atoms with Gasteiger partial charge < -0.3 is 20.1 Å². The van der Waals surface area contributed by atoms with E-state index in [4.69, 9.17) is 50.0 Å². The van der Waals surface area contributed by atoms with Crippen molar-refractivity contribution in [1.29, 1.82) is 5.26 Å². The van der Waals surface area contributed by atoms with Crippen LogP contribution in [-0.4, -0.2) is 30.9 Å². The van der Waals surface area contributed by atoms with Crippen molar-refractivity contribution in [2.24, 2.45) is 11.1 Å². The molecule has 2 N–H and O–H groups in total. The molecule has 1 heterocycles. The van der Waals surface area contributed by atoms with Gasteiger partial charge in [0.1, 0.15) is 18.2 Å². The van der Waals surface area contributed by atoms with Crippen LogP contribution in [0.5, 0.6) is 5.75 Å². The number of nitrogens with zero attached hydrogens (tertiary/aromatic N) is 2. The number of allylic oxidation sites excluding steroid dienone is 3. The van der Waals surface area contributed by atoms with Crippen molar-refractivity contribution in [2.75, 3.05) is 20.3 Å². The summed E-state index contributed by atoms with van der Waals surface area (Å²) in [6, 6.07) is 12.7. The molecule has 0 unspecified atom stereocenters. The van der Waals surface area contributed by atoms with Gasteiger partial charge in [-0.25, -0.2) is 0 Å². The second-order valence-electron chi connectivity index (χ2n) is 10.0. The van der Waals surface area contributed by atoms with E-state index in [-0.39, 0.29) is 17.8 Å². The van der Waals surface area contributed by atoms with Crippen molar-refractivity contribution in [2.45, 2.75) is 39.2 Å². The Kier molecular flexibility index (Phi) is 8.11. The number of carbonyl (C=O) groups is 1. The number of hydrogen-bond donors (Lipinski definition) is 1. The maximum atomic E-state index is 13.5. The number of carbonyl (C=O) groups excluding carboxylic acids is 1. The lowest BCUT2D eigenvalue weighted by molar-refractivity contribution is -0.118. The monoisotopic (exact) mass is 559 g/mol. The van der Waals surface area contributed by atoms with Crippen molar-refractivity contribution < 1.29 is 14.3 Å². The van der Waals surface area contributed by atoms with Gasteiger partial charge in [-0.2, -0.15) is 5.26 Å². The minimum Gasteiger partial charge on any atom is -0.487 e. The van der Waals surface area contributed by atoms with Gasteiger partial charge in [0, 0.05) is 47.0 Å². The molecule has 1 aliphatic carbocycles. The topological polar surface area (TPSA) is 88.6 Å². The molecule has 0 spiro atoms. The number of benzene rings is 2. The Bertz CT molecular complexity index is 1340. The first kappa shape index (κ1) is 27.3. The number of ketones is 1. The Hall–Kier alpha value is -2.69. The molecule has 0 amide bonds. The minimum atomic E-state index is -0.611. The second kappa shape index (κ2) is 11.0. The zero-order chi connectivity index (χ0) is 26.9. The van der Waals surface area contributed by atoms with E-state index in [1.807, 2.05) is 11.0 Å². The van der Waals surface area contributed by atoms with Crippen molar-refractivity contribution in [3.05, 3.63) is 85.3 Å². The summed E-state index contributed by atoms with van der Waals surface area (Å²) >= 11 is 18.9. The molecule has 0 saturated carbocycles. The number of methoxy groups -OCH3 is 1. The second-order valence-corrected chi connectivity index (χ2v) is 11.3. The molecule has 2 aromatic carbocycles. The lowest BCUT2D eigenvalue weighted by Crippen LogP contribution is -2.43. The molecular formula is C28H28Cl3N3O3. The van der Waals surface area contributed by atoms with Crippen LogP contribution in [0, 0.1) is 16.7 Å². The fraction of sp³-hybridized carbons (Fsp3) is 0.357. The largest absolute Gasteiger partial charge is 0.487 e. The molecule has 0 bridgehead atoms. The van der Waals surface area contributed by atoms with E-state index in [1.54, 1.807) is 37.4 Å². The minimum absolute atomic E-state index is 0.00717. The standard InChI is InChI=1S/C28H28Cl3N3O3/c1-28(2)12-22-26(23(35)13-28)25(19(14-32)27(33)34(22)8-9-36-3)16-5-7-24(21(31)10-16)37-15-17-4-6-18(29)11-20(17)30/h4-7,10-11,25H,8-9,12-13,15,33H2,1-3H3/t25-/m0/s1. The smallest absolute Gasteiger partial charge is 0.162 e. The number of nitrogens with two attached hydrogens (primary N) is 1. The molecule has 0 saturated heterocycles. The molecule has 37 heavy (non-hydrogen) atoms. The van der Waals surface area contributed by atoms with Crippen LogP contribution in [0.2, 0.25) is 15.1 Å². The van der Waals surface area contributed by atoms with Crippen LogP contribution in [0.15, 0.2) is 59.1 Å². The average Bonchev–Trinajstić information content (AvgIpc) is 2.82. The molecule has 4 rings (SSSR count). The molecular weight excluding hydrogens is 533 g/mol. The predicted molar refractivity (Wildman–Crippen MR) is 145 cm³/mol. The zero-order valence-electron chi connectivity index (χ0n) is 20.9. The van der Waals surface area contributed by atoms with Crippen LogP contribution < -0.4 is 10.5 Å². The number of ether oxygens (including phenoxy) is 2. The van der Waals surface area contributed by atoms with Gasteiger partial charge in [0.25, 0.3) is 0 Å². The number of nitriles is 1. The van der Waals surface area contributed by atoms with Crippen molar-refractivity contribution in [3.8, 4) is 11.8 Å². The predicted octanol–water partition coefficient (Wildman–Crippen LogP) is 6.61. The van der Waals surface area contributed by atoms with E-state index < -0.39 is 5.92 Å². The fourth-order valence-corrected chi connectivity index (χ4v) is 5.66. The van der Waals surface area contributed by atoms with Gasteiger partial charge in [-0.3, -0.25) is 4.79 Å². The fourth-order valence-electron chi connectivity index (χ4n) is 4.95. The lowest BCUT2D eigenvalue weighted by Gasteiger charge is -2.43. The van der Waals surface area contributed by atoms with Crippen LogP contribution in [0.4, 0.5) is 0 Å². The van der Waals surface area contributed by atoms with Crippen molar-refractivity contribution >= 4 is 40.6 Å². The van der Waals surface area contributed by atoms with Gasteiger partial charge in [-0.15, -0.1) is 0 Å². The first-order chi connectivity index (χ1) is 17.6. The highest BCUT2D eigenvalue weighted by molar-refractivity contribution is 6.35. The van der Waals surface area contributed by atoms with E-state index in [1.165, 1.54) is 0 Å². The van der Waals surface area contributed by atoms with E-state index in [2.05, 4.69) is 19.9 Å². The molecule has 1 atom stereocenters. The van der Waals surface area contributed by atoms with Crippen molar-refractivity contribution in [1.82, 2.24) is 4.90 Å². The van der Waals surface area contributed by atoms with Gasteiger partial charge >= 0.3 is 0 Å². The van der Waals surface area contributed by atoms with Gasteiger partial charge in [0.15, 0.2) is 5.78 Å². The summed E-state index contributed by atoms with van der Waals surface area (Å²) in [5.74, 6) is 0.185. The van der Waals surface area contributed by atoms with Crippen LogP contribution >= 0.6 is 34.8 Å². The number of rotatable bonds is 7. The summed E-state index contributed by atoms with van der Waals surface area (Å²) in [6.45, 7) is 5.18. The molecule has 6 nitrogen and oxygen atoms in total. The highest BCUT2D eigenvalue weighted by atomic mass is 35.5. The average molecular weight is 561 g/mol. The van der Waals surface area contributed by atoms with Crippen LogP contribution in [-0.2, 0) is 16.1 Å². The lowest BCUT2D eigenvalue weighted by atomic mass is 9.68. The van der Waals surface area contributed by atoms with E-state index in [0.29, 0.717) is 69.3 Å². The Morgan fingerprint density at radius 3 is 2.54 bits per heavy atom. The summed E-state index contributed by atoms with van der Waals surface area (Å²) in [6.07, 6.45) is 1.04. The summed E-state index contributed by atoms with van der Waals surface area (Å²) in [4.78, 5) is 15.4. The maximum absolute atomic E-state index is 13.5. The third-order valence-corrected chi connectivity index (χ3v) is 7.58. The normalized spacial score (nSPS) is 19.1. The first-order valence-corrected chi connectivity index (χ1v) is 13.0. The van der Waals surface area contributed by atoms with Gasteiger partial charge in [0.2, 0.25) is 0 Å². The Labute approximate surface area is 232 Å². The third kappa shape index (κ3) is 5.61. The van der Waals surface area contributed by atoms with Gasteiger partial charge in [-0.05, 0) is 41.7 Å². The highest BCUT2D eigenvalue weighted by Crippen LogP contribution is 2.49. The quantitative estimate of drug-likeness (QED) is 0.410. The summed E-state index contributed by atoms with van der Waals surface area (Å²) < 4.78 is 11.2. The van der Waals surface area contributed by atoms with Crippen LogP contribution in [0.3, 0.4) is 0 Å². The first-order valence-electron chi connectivity index (χ1n) is 11.8. The number of halogens is 3. The third-order valence-electron chi connectivity index (χ3n) is 6.69. The number of Topliss-reactive ketones (excluding diaryl/α,β-unsaturated/α-hetero) is 1. The molecule has 2 aliphatic rings. The van der Waals surface area contributed by atoms with Crippen LogP contribution in [0.1, 0.15) is 43.7 Å². The molecule has 0 radical (unpaired) electrons. The van der Waals surface area contributed by atoms with Gasteiger partial charge in [-0.1, -0.05) is 60.8 Å². The summed E-state index contributed by atoms with van der Waals surface area (Å²) in [5, 5.41) is 11.5. The Balaban J connectivity index is 1.71. The maximum Gasteiger partial charge on any atom is 0.162 e. The molecule has 2 aromatic rings. The molecule has 0 fully saturated rings. The highest BCUT2D eigenvalue weighted by Gasteiger charge is 2.44. The van der Waals surface area contributed by atoms with Crippen molar-refractivity contribution in [3.63, 3.8) is 0 Å². The van der Waals surface area contributed by atoms with Gasteiger partial charge in [0.05, 0.1) is 29.2 Å². The molecule has 9 heteroatoms. The van der Waals surface area contributed by atoms with E-state index in [9.17, 15) is 10.1 Å². The Morgan fingerprint density at radius 1 is 1.14 bits per heavy atom. The summed E-state index contributed by atoms with van der Waals surface area (Å²) in [7, 11) is 1.61. The zero-order valence-corrected chi connectivity index (χ0v) is 23.2. The molecule has 1 aliphatic heterocycles. The molecule has 0 aromatic heterocycles.